The van der Waals surface area contributed by atoms with Crippen molar-refractivity contribution in [3.05, 3.63) is 16.4 Å². The molecule has 120 valence electrons. The molecule has 0 spiro atoms. The van der Waals surface area contributed by atoms with Crippen molar-refractivity contribution in [3.8, 4) is 0 Å². The first kappa shape index (κ1) is 17.0. The molecule has 1 aromatic rings. The molecule has 1 fully saturated rings. The summed E-state index contributed by atoms with van der Waals surface area (Å²) in [6.45, 7) is 5.64. The maximum atomic E-state index is 12.5. The molecule has 0 radical (unpaired) electrons. The summed E-state index contributed by atoms with van der Waals surface area (Å²) in [5.41, 5.74) is 0.967. The van der Waals surface area contributed by atoms with Crippen molar-refractivity contribution in [2.24, 2.45) is 0 Å². The summed E-state index contributed by atoms with van der Waals surface area (Å²) in [5, 5.41) is 7.41. The van der Waals surface area contributed by atoms with Crippen LogP contribution in [0.3, 0.4) is 0 Å². The molecule has 1 N–H and O–H groups in total. The van der Waals surface area contributed by atoms with Gasteiger partial charge in [0.05, 0.1) is 33.4 Å². The molecule has 0 amide bonds. The van der Waals surface area contributed by atoms with Gasteiger partial charge in [-0.2, -0.15) is 5.10 Å². The first-order valence-electron chi connectivity index (χ1n) is 7.67. The summed E-state index contributed by atoms with van der Waals surface area (Å²) in [6, 6.07) is -0.191. The Morgan fingerprint density at radius 3 is 2.86 bits per heavy atom. The van der Waals surface area contributed by atoms with Crippen LogP contribution >= 0.6 is 15.9 Å². The van der Waals surface area contributed by atoms with Gasteiger partial charge in [0.25, 0.3) is 0 Å². The van der Waals surface area contributed by atoms with Crippen molar-refractivity contribution in [1.82, 2.24) is 15.1 Å². The SMILES string of the molecule is CCCn1ncc(Br)c1C(NCC)C1CCCCS1(=O)=O. The molecule has 21 heavy (non-hydrogen) atoms. The van der Waals surface area contributed by atoms with E-state index in [-0.39, 0.29) is 11.3 Å². The van der Waals surface area contributed by atoms with Crippen molar-refractivity contribution in [2.75, 3.05) is 12.3 Å². The Bertz CT molecular complexity index is 571. The average molecular weight is 378 g/mol. The predicted molar refractivity (Wildman–Crippen MR) is 88.1 cm³/mol. The van der Waals surface area contributed by atoms with E-state index in [0.717, 1.165) is 48.9 Å². The first-order chi connectivity index (χ1) is 10.0. The van der Waals surface area contributed by atoms with Crippen LogP contribution in [0.1, 0.15) is 51.3 Å². The Morgan fingerprint density at radius 1 is 1.48 bits per heavy atom. The Morgan fingerprint density at radius 2 is 2.24 bits per heavy atom. The van der Waals surface area contributed by atoms with Gasteiger partial charge in [-0.15, -0.1) is 0 Å². The van der Waals surface area contributed by atoms with E-state index in [4.69, 9.17) is 0 Å². The molecule has 1 aliphatic heterocycles. The molecule has 1 aromatic heterocycles. The number of nitrogens with one attached hydrogen (secondary N) is 1. The van der Waals surface area contributed by atoms with Crippen LogP contribution in [0.15, 0.2) is 10.7 Å². The van der Waals surface area contributed by atoms with Crippen LogP contribution in [-0.4, -0.2) is 35.7 Å². The zero-order chi connectivity index (χ0) is 15.5. The highest BCUT2D eigenvalue weighted by Crippen LogP contribution is 2.34. The van der Waals surface area contributed by atoms with Gasteiger partial charge in [0.2, 0.25) is 0 Å². The van der Waals surface area contributed by atoms with Gasteiger partial charge in [0.1, 0.15) is 0 Å². The second-order valence-electron chi connectivity index (χ2n) is 5.54. The van der Waals surface area contributed by atoms with Crippen LogP contribution in [0.4, 0.5) is 0 Å². The molecular formula is C14H24BrN3O2S. The summed E-state index contributed by atoms with van der Waals surface area (Å²) in [5.74, 6) is 0.305. The summed E-state index contributed by atoms with van der Waals surface area (Å²) in [6.07, 6.45) is 5.23. The van der Waals surface area contributed by atoms with Crippen LogP contribution in [0, 0.1) is 0 Å². The van der Waals surface area contributed by atoms with Gasteiger partial charge < -0.3 is 5.32 Å². The van der Waals surface area contributed by atoms with E-state index in [0.29, 0.717) is 5.75 Å². The van der Waals surface area contributed by atoms with Crippen LogP contribution < -0.4 is 5.32 Å². The van der Waals surface area contributed by atoms with Crippen molar-refractivity contribution in [2.45, 2.75) is 57.4 Å². The second-order valence-corrected chi connectivity index (χ2v) is 8.73. The molecule has 0 saturated carbocycles. The van der Waals surface area contributed by atoms with Gasteiger partial charge in [-0.1, -0.05) is 20.3 Å². The largest absolute Gasteiger partial charge is 0.308 e. The molecule has 0 aliphatic carbocycles. The lowest BCUT2D eigenvalue weighted by molar-refractivity contribution is 0.422. The van der Waals surface area contributed by atoms with E-state index >= 15 is 0 Å². The minimum atomic E-state index is -3.04. The third kappa shape index (κ3) is 3.68. The van der Waals surface area contributed by atoms with Gasteiger partial charge in [0, 0.05) is 6.54 Å². The number of sulfone groups is 1. The van der Waals surface area contributed by atoms with Crippen molar-refractivity contribution < 1.29 is 8.42 Å². The highest BCUT2D eigenvalue weighted by atomic mass is 79.9. The summed E-state index contributed by atoms with van der Waals surface area (Å²) >= 11 is 3.54. The fourth-order valence-electron chi connectivity index (χ4n) is 3.05. The number of rotatable bonds is 6. The smallest absolute Gasteiger partial charge is 0.155 e. The normalized spacial score (nSPS) is 23.1. The lowest BCUT2D eigenvalue weighted by Gasteiger charge is -2.31. The lowest BCUT2D eigenvalue weighted by atomic mass is 10.0. The molecule has 0 aromatic carbocycles. The number of aryl methyl sites for hydroxylation is 1. The van der Waals surface area contributed by atoms with Crippen LogP contribution in [-0.2, 0) is 16.4 Å². The summed E-state index contributed by atoms with van der Waals surface area (Å²) < 4.78 is 27.8. The molecule has 2 unspecified atom stereocenters. The van der Waals surface area contributed by atoms with Crippen LogP contribution in [0.25, 0.3) is 0 Å². The van der Waals surface area contributed by atoms with Gasteiger partial charge >= 0.3 is 0 Å². The third-order valence-corrected chi connectivity index (χ3v) is 6.89. The number of halogens is 1. The number of hydrogen-bond acceptors (Lipinski definition) is 4. The molecule has 7 heteroatoms. The monoisotopic (exact) mass is 377 g/mol. The molecule has 1 saturated heterocycles. The highest BCUT2D eigenvalue weighted by molar-refractivity contribution is 9.10. The zero-order valence-electron chi connectivity index (χ0n) is 12.7. The Balaban J connectivity index is 2.41. The maximum Gasteiger partial charge on any atom is 0.155 e. The highest BCUT2D eigenvalue weighted by Gasteiger charge is 2.38. The summed E-state index contributed by atoms with van der Waals surface area (Å²) in [4.78, 5) is 0. The average Bonchev–Trinajstić information content (AvgIpc) is 2.78. The van der Waals surface area contributed by atoms with E-state index in [9.17, 15) is 8.42 Å². The maximum absolute atomic E-state index is 12.5. The molecule has 2 heterocycles. The zero-order valence-corrected chi connectivity index (χ0v) is 15.1. The minimum absolute atomic E-state index is 0.191. The molecule has 0 bridgehead atoms. The molecule has 2 atom stereocenters. The third-order valence-electron chi connectivity index (χ3n) is 3.99. The van der Waals surface area contributed by atoms with Crippen LogP contribution in [0.2, 0.25) is 0 Å². The predicted octanol–water partition coefficient (Wildman–Crippen LogP) is 2.67. The fraction of sp³-hybridized carbons (Fsp3) is 0.786. The van der Waals surface area contributed by atoms with E-state index in [1.54, 1.807) is 6.20 Å². The summed E-state index contributed by atoms with van der Waals surface area (Å²) in [7, 11) is -3.04. The number of aromatic nitrogens is 2. The number of hydrogen-bond donors (Lipinski definition) is 1. The quantitative estimate of drug-likeness (QED) is 0.827. The molecular weight excluding hydrogens is 354 g/mol. The lowest BCUT2D eigenvalue weighted by Crippen LogP contribution is -2.41. The number of nitrogens with zero attached hydrogens (tertiary/aromatic N) is 2. The van der Waals surface area contributed by atoms with Gasteiger partial charge in [-0.3, -0.25) is 4.68 Å². The van der Waals surface area contributed by atoms with Gasteiger partial charge in [0.15, 0.2) is 9.84 Å². The van der Waals surface area contributed by atoms with Crippen LogP contribution in [0.5, 0.6) is 0 Å². The van der Waals surface area contributed by atoms with Crippen molar-refractivity contribution in [3.63, 3.8) is 0 Å². The Labute approximate surface area is 135 Å². The van der Waals surface area contributed by atoms with Crippen molar-refractivity contribution >= 4 is 25.8 Å². The van der Waals surface area contributed by atoms with Gasteiger partial charge in [-0.05, 0) is 41.7 Å². The first-order valence-corrected chi connectivity index (χ1v) is 10.2. The molecule has 5 nitrogen and oxygen atoms in total. The van der Waals surface area contributed by atoms with E-state index in [1.165, 1.54) is 0 Å². The minimum Gasteiger partial charge on any atom is -0.308 e. The second kappa shape index (κ2) is 7.24. The Hall–Kier alpha value is -0.400. The molecule has 1 aliphatic rings. The standard InChI is InChI=1S/C14H24BrN3O2S/c1-3-8-18-14(11(15)10-17-18)13(16-4-2)12-7-5-6-9-21(12,19)20/h10,12-13,16H,3-9H2,1-2H3. The Kier molecular flexibility index (Phi) is 5.85. The van der Waals surface area contributed by atoms with Crippen molar-refractivity contribution in [1.29, 1.82) is 0 Å². The fourth-order valence-corrected chi connectivity index (χ4v) is 5.67. The van der Waals surface area contributed by atoms with Gasteiger partial charge in [-0.25, -0.2) is 8.42 Å². The van der Waals surface area contributed by atoms with E-state index < -0.39 is 9.84 Å². The molecule has 2 rings (SSSR count). The topological polar surface area (TPSA) is 64.0 Å². The van der Waals surface area contributed by atoms with E-state index in [1.807, 2.05) is 11.6 Å². The van der Waals surface area contributed by atoms with E-state index in [2.05, 4.69) is 33.3 Å².